The van der Waals surface area contributed by atoms with Crippen molar-refractivity contribution in [3.8, 4) is 0 Å². The lowest BCUT2D eigenvalue weighted by molar-refractivity contribution is 1.21. The molecule has 0 saturated carbocycles. The van der Waals surface area contributed by atoms with E-state index in [4.69, 9.17) is 0 Å². The fourth-order valence-corrected chi connectivity index (χ4v) is 0.951. The Morgan fingerprint density at radius 2 is 2.18 bits per heavy atom. The highest BCUT2D eigenvalue weighted by Gasteiger charge is 1.94. The van der Waals surface area contributed by atoms with Crippen LogP contribution in [0.3, 0.4) is 0 Å². The summed E-state index contributed by atoms with van der Waals surface area (Å²) >= 11 is 0. The van der Waals surface area contributed by atoms with Crippen molar-refractivity contribution in [3.05, 3.63) is 24.3 Å². The SMILES string of the molecule is C=Nc1ccccc1NCC. The Balaban J connectivity index is 2.92. The van der Waals surface area contributed by atoms with E-state index in [1.807, 2.05) is 24.3 Å². The molecule has 0 aromatic heterocycles. The zero-order chi connectivity index (χ0) is 8.10. The molecule has 0 heterocycles. The van der Waals surface area contributed by atoms with Crippen molar-refractivity contribution in [2.75, 3.05) is 11.9 Å². The second kappa shape index (κ2) is 3.76. The molecule has 0 bridgehead atoms. The van der Waals surface area contributed by atoms with Gasteiger partial charge in [0.25, 0.3) is 0 Å². The summed E-state index contributed by atoms with van der Waals surface area (Å²) in [6.07, 6.45) is 0. The number of nitrogens with one attached hydrogen (secondary N) is 1. The lowest BCUT2D eigenvalue weighted by Crippen LogP contribution is -1.95. The molecule has 2 nitrogen and oxygen atoms in total. The van der Waals surface area contributed by atoms with Crippen LogP contribution in [0.4, 0.5) is 11.4 Å². The standard InChI is InChI=1S/C9H12N2/c1-3-11-9-7-5-4-6-8(9)10-2/h4-7,11H,2-3H2,1H3. The number of benzene rings is 1. The molecule has 1 aromatic carbocycles. The molecule has 0 aliphatic carbocycles. The van der Waals surface area contributed by atoms with Gasteiger partial charge in [-0.3, -0.25) is 4.99 Å². The molecule has 0 fully saturated rings. The Morgan fingerprint density at radius 1 is 1.45 bits per heavy atom. The zero-order valence-electron chi connectivity index (χ0n) is 6.67. The van der Waals surface area contributed by atoms with Crippen LogP contribution in [0.1, 0.15) is 6.92 Å². The Kier molecular flexibility index (Phi) is 2.66. The van der Waals surface area contributed by atoms with Gasteiger partial charge in [-0.15, -0.1) is 0 Å². The first-order valence-corrected chi connectivity index (χ1v) is 3.68. The van der Waals surface area contributed by atoms with Crippen molar-refractivity contribution in [2.45, 2.75) is 6.92 Å². The molecule has 0 radical (unpaired) electrons. The van der Waals surface area contributed by atoms with Gasteiger partial charge in [0.05, 0.1) is 11.4 Å². The Labute approximate surface area is 67.0 Å². The summed E-state index contributed by atoms with van der Waals surface area (Å²) in [4.78, 5) is 3.88. The molecule has 1 N–H and O–H groups in total. The molecule has 1 rings (SSSR count). The summed E-state index contributed by atoms with van der Waals surface area (Å²) in [6.45, 7) is 6.45. The molecule has 0 spiro atoms. The van der Waals surface area contributed by atoms with Gasteiger partial charge in [-0.25, -0.2) is 0 Å². The van der Waals surface area contributed by atoms with Crippen LogP contribution in [-0.2, 0) is 0 Å². The van der Waals surface area contributed by atoms with Crippen molar-refractivity contribution in [3.63, 3.8) is 0 Å². The number of hydrogen-bond donors (Lipinski definition) is 1. The maximum Gasteiger partial charge on any atom is 0.0853 e. The van der Waals surface area contributed by atoms with Gasteiger partial charge in [0, 0.05) is 6.54 Å². The van der Waals surface area contributed by atoms with Gasteiger partial charge in [0.1, 0.15) is 0 Å². The molecule has 0 amide bonds. The van der Waals surface area contributed by atoms with Gasteiger partial charge < -0.3 is 5.32 Å². The third kappa shape index (κ3) is 1.80. The van der Waals surface area contributed by atoms with E-state index < -0.39 is 0 Å². The van der Waals surface area contributed by atoms with E-state index in [0.717, 1.165) is 17.9 Å². The molecular formula is C9H12N2. The van der Waals surface area contributed by atoms with Crippen LogP contribution in [0.2, 0.25) is 0 Å². The van der Waals surface area contributed by atoms with Crippen LogP contribution in [0.5, 0.6) is 0 Å². The third-order valence-electron chi connectivity index (χ3n) is 1.44. The molecule has 58 valence electrons. The first-order chi connectivity index (χ1) is 5.38. The average molecular weight is 148 g/mol. The number of para-hydroxylation sites is 2. The fraction of sp³-hybridized carbons (Fsp3) is 0.222. The maximum atomic E-state index is 3.88. The van der Waals surface area contributed by atoms with Gasteiger partial charge >= 0.3 is 0 Å². The van der Waals surface area contributed by atoms with Crippen molar-refractivity contribution in [1.29, 1.82) is 0 Å². The van der Waals surface area contributed by atoms with Crippen molar-refractivity contribution in [2.24, 2.45) is 4.99 Å². The molecule has 2 heteroatoms. The summed E-state index contributed by atoms with van der Waals surface area (Å²) in [5, 5.41) is 3.19. The van der Waals surface area contributed by atoms with Crippen LogP contribution in [0.15, 0.2) is 29.3 Å². The predicted octanol–water partition coefficient (Wildman–Crippen LogP) is 2.45. The van der Waals surface area contributed by atoms with Gasteiger partial charge in [0.2, 0.25) is 0 Å². The average Bonchev–Trinajstić information content (AvgIpc) is 2.06. The summed E-state index contributed by atoms with van der Waals surface area (Å²) in [5.41, 5.74) is 1.96. The summed E-state index contributed by atoms with van der Waals surface area (Å²) in [6, 6.07) is 7.86. The van der Waals surface area contributed by atoms with Crippen molar-refractivity contribution in [1.82, 2.24) is 0 Å². The lowest BCUT2D eigenvalue weighted by atomic mass is 10.2. The number of nitrogens with zero attached hydrogens (tertiary/aromatic N) is 1. The molecule has 0 saturated heterocycles. The molecule has 0 aliphatic rings. The molecule has 0 atom stereocenters. The van der Waals surface area contributed by atoms with Gasteiger partial charge in [-0.2, -0.15) is 0 Å². The van der Waals surface area contributed by atoms with E-state index in [1.54, 1.807) is 0 Å². The predicted molar refractivity (Wildman–Crippen MR) is 49.8 cm³/mol. The first kappa shape index (κ1) is 7.79. The Morgan fingerprint density at radius 3 is 2.82 bits per heavy atom. The van der Waals surface area contributed by atoms with Crippen LogP contribution >= 0.6 is 0 Å². The second-order valence-electron chi connectivity index (χ2n) is 2.21. The fourth-order valence-electron chi connectivity index (χ4n) is 0.951. The van der Waals surface area contributed by atoms with E-state index >= 15 is 0 Å². The second-order valence-corrected chi connectivity index (χ2v) is 2.21. The van der Waals surface area contributed by atoms with E-state index in [9.17, 15) is 0 Å². The summed E-state index contributed by atoms with van der Waals surface area (Å²) in [7, 11) is 0. The highest BCUT2D eigenvalue weighted by atomic mass is 14.9. The number of rotatable bonds is 3. The van der Waals surface area contributed by atoms with Gasteiger partial charge in [-0.05, 0) is 25.8 Å². The first-order valence-electron chi connectivity index (χ1n) is 3.68. The summed E-state index contributed by atoms with van der Waals surface area (Å²) in [5.74, 6) is 0. The monoisotopic (exact) mass is 148 g/mol. The molecular weight excluding hydrogens is 136 g/mol. The van der Waals surface area contributed by atoms with E-state index in [-0.39, 0.29) is 0 Å². The minimum atomic E-state index is 0.909. The third-order valence-corrected chi connectivity index (χ3v) is 1.44. The molecule has 1 aromatic rings. The zero-order valence-corrected chi connectivity index (χ0v) is 6.67. The lowest BCUT2D eigenvalue weighted by Gasteiger charge is -2.04. The quantitative estimate of drug-likeness (QED) is 0.654. The molecule has 0 aliphatic heterocycles. The van der Waals surface area contributed by atoms with Crippen LogP contribution in [0.25, 0.3) is 0 Å². The Hall–Kier alpha value is -1.31. The largest absolute Gasteiger partial charge is 0.384 e. The highest BCUT2D eigenvalue weighted by Crippen LogP contribution is 2.22. The van der Waals surface area contributed by atoms with Crippen LogP contribution < -0.4 is 5.32 Å². The number of anilines is 1. The van der Waals surface area contributed by atoms with E-state index in [0.29, 0.717) is 0 Å². The minimum absolute atomic E-state index is 0.909. The smallest absolute Gasteiger partial charge is 0.0853 e. The number of hydrogen-bond acceptors (Lipinski definition) is 2. The van der Waals surface area contributed by atoms with Gasteiger partial charge in [0.15, 0.2) is 0 Å². The maximum absolute atomic E-state index is 3.88. The topological polar surface area (TPSA) is 24.4 Å². The van der Waals surface area contributed by atoms with Gasteiger partial charge in [-0.1, -0.05) is 12.1 Å². The van der Waals surface area contributed by atoms with E-state index in [1.165, 1.54) is 0 Å². The molecule has 11 heavy (non-hydrogen) atoms. The normalized spacial score (nSPS) is 9.18. The highest BCUT2D eigenvalue weighted by molar-refractivity contribution is 5.67. The Bertz CT molecular complexity index is 243. The number of aliphatic imine (C=N–C) groups is 1. The molecule has 0 unspecified atom stereocenters. The van der Waals surface area contributed by atoms with Crippen molar-refractivity contribution >= 4 is 18.1 Å². The minimum Gasteiger partial charge on any atom is -0.384 e. The van der Waals surface area contributed by atoms with E-state index in [2.05, 4.69) is 24.0 Å². The van der Waals surface area contributed by atoms with Crippen LogP contribution in [-0.4, -0.2) is 13.3 Å². The van der Waals surface area contributed by atoms with Crippen molar-refractivity contribution < 1.29 is 0 Å². The van der Waals surface area contributed by atoms with Crippen LogP contribution in [0, 0.1) is 0 Å². The summed E-state index contributed by atoms with van der Waals surface area (Å²) < 4.78 is 0.